The summed E-state index contributed by atoms with van der Waals surface area (Å²) in [6, 6.07) is 6.94. The molecule has 4 nitrogen and oxygen atoms in total. The molecule has 21 heavy (non-hydrogen) atoms. The highest BCUT2D eigenvalue weighted by Crippen LogP contribution is 2.27. The number of nitrogens with two attached hydrogens (primary N) is 1. The molecule has 3 N–H and O–H groups in total. The summed E-state index contributed by atoms with van der Waals surface area (Å²) in [5.74, 6) is 0.369. The predicted molar refractivity (Wildman–Crippen MR) is 85.6 cm³/mol. The van der Waals surface area contributed by atoms with Gasteiger partial charge in [0.2, 0.25) is 10.0 Å². The second-order valence-corrected chi connectivity index (χ2v) is 7.57. The van der Waals surface area contributed by atoms with E-state index in [1.165, 1.54) is 19.3 Å². The Balaban J connectivity index is 2.10. The normalized spacial score (nSPS) is 18.6. The fraction of sp³-hybridized carbons (Fsp3) is 0.625. The first kappa shape index (κ1) is 16.5. The Morgan fingerprint density at radius 2 is 1.81 bits per heavy atom. The van der Waals surface area contributed by atoms with Crippen LogP contribution in [0.1, 0.15) is 44.6 Å². The van der Waals surface area contributed by atoms with Gasteiger partial charge in [-0.25, -0.2) is 13.1 Å². The second-order valence-electron chi connectivity index (χ2n) is 5.86. The Labute approximate surface area is 128 Å². The van der Waals surface area contributed by atoms with Crippen molar-refractivity contribution in [1.82, 2.24) is 4.72 Å². The summed E-state index contributed by atoms with van der Waals surface area (Å²) in [4.78, 5) is 0.328. The lowest BCUT2D eigenvalue weighted by atomic mass is 9.84. The molecule has 1 atom stereocenters. The molecule has 1 unspecified atom stereocenters. The van der Waals surface area contributed by atoms with E-state index in [4.69, 9.17) is 5.73 Å². The van der Waals surface area contributed by atoms with Gasteiger partial charge in [-0.1, -0.05) is 38.3 Å². The van der Waals surface area contributed by atoms with Gasteiger partial charge in [-0.15, -0.1) is 0 Å². The molecule has 1 aliphatic carbocycles. The Morgan fingerprint density at radius 3 is 2.33 bits per heavy atom. The molecule has 0 heterocycles. The molecule has 0 amide bonds. The highest BCUT2D eigenvalue weighted by Gasteiger charge is 2.27. The van der Waals surface area contributed by atoms with Gasteiger partial charge in [-0.05, 0) is 42.9 Å². The molecule has 118 valence electrons. The van der Waals surface area contributed by atoms with Crippen molar-refractivity contribution < 1.29 is 8.42 Å². The van der Waals surface area contributed by atoms with E-state index < -0.39 is 10.0 Å². The van der Waals surface area contributed by atoms with E-state index in [1.807, 2.05) is 12.1 Å². The van der Waals surface area contributed by atoms with Crippen LogP contribution in [0.25, 0.3) is 0 Å². The quantitative estimate of drug-likeness (QED) is 0.847. The Hall–Kier alpha value is -0.910. The standard InChI is InChI=1S/C16H26N2O2S/c1-2-13-8-10-15(11-9-13)21(19,20)18-16(12-17)14-6-4-3-5-7-14/h8-11,14,16,18H,2-7,12,17H2,1H3. The van der Waals surface area contributed by atoms with Gasteiger partial charge in [-0.2, -0.15) is 0 Å². The SMILES string of the molecule is CCc1ccc(S(=O)(=O)NC(CN)C2CCCCC2)cc1. The van der Waals surface area contributed by atoms with Crippen LogP contribution in [0.3, 0.4) is 0 Å². The first-order valence-corrected chi connectivity index (χ1v) is 9.36. The molecule has 1 saturated carbocycles. The summed E-state index contributed by atoms with van der Waals surface area (Å²) in [6.45, 7) is 2.41. The Bertz CT molecular complexity index is 534. The lowest BCUT2D eigenvalue weighted by Gasteiger charge is -2.29. The van der Waals surface area contributed by atoms with Gasteiger partial charge in [0.1, 0.15) is 0 Å². The zero-order valence-electron chi connectivity index (χ0n) is 12.7. The van der Waals surface area contributed by atoms with E-state index in [1.54, 1.807) is 12.1 Å². The maximum absolute atomic E-state index is 12.5. The number of aryl methyl sites for hydroxylation is 1. The number of sulfonamides is 1. The maximum Gasteiger partial charge on any atom is 0.240 e. The highest BCUT2D eigenvalue weighted by molar-refractivity contribution is 7.89. The minimum atomic E-state index is -3.48. The Kier molecular flexibility index (Phi) is 5.79. The van der Waals surface area contributed by atoms with Crippen molar-refractivity contribution in [1.29, 1.82) is 0 Å². The van der Waals surface area contributed by atoms with Gasteiger partial charge >= 0.3 is 0 Å². The molecule has 0 aliphatic heterocycles. The fourth-order valence-electron chi connectivity index (χ4n) is 3.04. The number of nitrogens with one attached hydrogen (secondary N) is 1. The van der Waals surface area contributed by atoms with Crippen LogP contribution in [0.5, 0.6) is 0 Å². The average molecular weight is 310 g/mol. The molecule has 0 spiro atoms. The van der Waals surface area contributed by atoms with Crippen LogP contribution in [0, 0.1) is 5.92 Å². The minimum absolute atomic E-state index is 0.152. The van der Waals surface area contributed by atoms with Crippen molar-refractivity contribution in [2.24, 2.45) is 11.7 Å². The number of rotatable bonds is 6. The summed E-state index contributed by atoms with van der Waals surface area (Å²) >= 11 is 0. The molecule has 1 aromatic rings. The van der Waals surface area contributed by atoms with Gasteiger partial charge in [0.05, 0.1) is 4.90 Å². The van der Waals surface area contributed by atoms with Crippen LogP contribution < -0.4 is 10.5 Å². The molecule has 0 saturated heterocycles. The topological polar surface area (TPSA) is 72.2 Å². The van der Waals surface area contributed by atoms with Crippen LogP contribution in [0.4, 0.5) is 0 Å². The Morgan fingerprint density at radius 1 is 1.19 bits per heavy atom. The van der Waals surface area contributed by atoms with E-state index in [0.717, 1.165) is 24.8 Å². The fourth-order valence-corrected chi connectivity index (χ4v) is 4.36. The number of benzene rings is 1. The average Bonchev–Trinajstić information content (AvgIpc) is 2.53. The predicted octanol–water partition coefficient (Wildman–Crippen LogP) is 2.43. The zero-order valence-corrected chi connectivity index (χ0v) is 13.5. The first-order chi connectivity index (χ1) is 10.1. The third-order valence-corrected chi connectivity index (χ3v) is 5.93. The van der Waals surface area contributed by atoms with Crippen molar-refractivity contribution in [3.05, 3.63) is 29.8 Å². The van der Waals surface area contributed by atoms with Crippen molar-refractivity contribution in [2.45, 2.75) is 56.4 Å². The summed E-state index contributed by atoms with van der Waals surface area (Å²) < 4.78 is 27.8. The van der Waals surface area contributed by atoms with Crippen LogP contribution >= 0.6 is 0 Å². The molecule has 1 fully saturated rings. The second kappa shape index (κ2) is 7.38. The summed E-state index contributed by atoms with van der Waals surface area (Å²) in [5, 5.41) is 0. The van der Waals surface area contributed by atoms with Gasteiger partial charge in [0, 0.05) is 12.6 Å². The molecule has 1 aliphatic rings. The third kappa shape index (κ3) is 4.28. The summed E-state index contributed by atoms with van der Waals surface area (Å²) in [6.07, 6.45) is 6.64. The van der Waals surface area contributed by atoms with Crippen LogP contribution in [-0.2, 0) is 16.4 Å². The molecular formula is C16H26N2O2S. The smallest absolute Gasteiger partial charge is 0.240 e. The minimum Gasteiger partial charge on any atom is -0.329 e. The van der Waals surface area contributed by atoms with Gasteiger partial charge in [0.25, 0.3) is 0 Å². The van der Waals surface area contributed by atoms with E-state index in [-0.39, 0.29) is 6.04 Å². The molecule has 2 rings (SSSR count). The lowest BCUT2D eigenvalue weighted by Crippen LogP contribution is -2.45. The molecular weight excluding hydrogens is 284 g/mol. The van der Waals surface area contributed by atoms with Gasteiger partial charge in [-0.3, -0.25) is 0 Å². The summed E-state index contributed by atoms with van der Waals surface area (Å²) in [7, 11) is -3.48. The van der Waals surface area contributed by atoms with E-state index in [9.17, 15) is 8.42 Å². The van der Waals surface area contributed by atoms with Gasteiger partial charge < -0.3 is 5.73 Å². The monoisotopic (exact) mass is 310 g/mol. The van der Waals surface area contributed by atoms with Gasteiger partial charge in [0.15, 0.2) is 0 Å². The highest BCUT2D eigenvalue weighted by atomic mass is 32.2. The number of hydrogen-bond acceptors (Lipinski definition) is 3. The van der Waals surface area contributed by atoms with Crippen molar-refractivity contribution in [3.63, 3.8) is 0 Å². The molecule has 0 aromatic heterocycles. The molecule has 0 bridgehead atoms. The molecule has 1 aromatic carbocycles. The zero-order chi connectivity index (χ0) is 15.3. The van der Waals surface area contributed by atoms with Crippen molar-refractivity contribution >= 4 is 10.0 Å². The molecule has 0 radical (unpaired) electrons. The largest absolute Gasteiger partial charge is 0.329 e. The van der Waals surface area contributed by atoms with Crippen LogP contribution in [0.2, 0.25) is 0 Å². The van der Waals surface area contributed by atoms with Crippen molar-refractivity contribution in [2.75, 3.05) is 6.54 Å². The van der Waals surface area contributed by atoms with E-state index in [2.05, 4.69) is 11.6 Å². The van der Waals surface area contributed by atoms with E-state index >= 15 is 0 Å². The van der Waals surface area contributed by atoms with Crippen LogP contribution in [-0.4, -0.2) is 21.0 Å². The van der Waals surface area contributed by atoms with Crippen molar-refractivity contribution in [3.8, 4) is 0 Å². The van der Waals surface area contributed by atoms with Crippen LogP contribution in [0.15, 0.2) is 29.2 Å². The number of hydrogen-bond donors (Lipinski definition) is 2. The summed E-state index contributed by atoms with van der Waals surface area (Å²) in [5.41, 5.74) is 6.94. The van der Waals surface area contributed by atoms with E-state index in [0.29, 0.717) is 17.4 Å². The third-order valence-electron chi connectivity index (χ3n) is 4.42. The lowest BCUT2D eigenvalue weighted by molar-refractivity contribution is 0.294. The molecule has 5 heteroatoms. The first-order valence-electron chi connectivity index (χ1n) is 7.88. The maximum atomic E-state index is 12.5.